The highest BCUT2D eigenvalue weighted by atomic mass is 32.2. The molecule has 1 saturated heterocycles. The Morgan fingerprint density at radius 2 is 1.91 bits per heavy atom. The van der Waals surface area contributed by atoms with Crippen LogP contribution in [0.4, 0.5) is 0 Å². The smallest absolute Gasteiger partial charge is 0.262 e. The summed E-state index contributed by atoms with van der Waals surface area (Å²) in [5.41, 5.74) is 7.25. The molecule has 0 unspecified atom stereocenters. The Morgan fingerprint density at radius 1 is 1.23 bits per heavy atom. The van der Waals surface area contributed by atoms with E-state index in [2.05, 4.69) is 4.98 Å². The minimum Gasteiger partial charge on any atom is -0.337 e. The van der Waals surface area contributed by atoms with E-state index in [9.17, 15) is 8.42 Å². The maximum Gasteiger partial charge on any atom is 0.262 e. The zero-order chi connectivity index (χ0) is 15.9. The number of sulfonamides is 1. The number of aryl methyl sites for hydroxylation is 2. The van der Waals surface area contributed by atoms with Crippen molar-refractivity contribution in [1.82, 2.24) is 13.9 Å². The van der Waals surface area contributed by atoms with Gasteiger partial charge in [-0.25, -0.2) is 13.4 Å². The van der Waals surface area contributed by atoms with E-state index in [0.29, 0.717) is 18.9 Å². The normalized spacial score (nSPS) is 23.0. The summed E-state index contributed by atoms with van der Waals surface area (Å²) in [6.45, 7) is 2.49. The maximum absolute atomic E-state index is 12.7. The summed E-state index contributed by atoms with van der Waals surface area (Å²) < 4.78 is 28.6. The molecule has 6 nitrogen and oxygen atoms in total. The van der Waals surface area contributed by atoms with E-state index < -0.39 is 10.0 Å². The summed E-state index contributed by atoms with van der Waals surface area (Å²) >= 11 is 0. The van der Waals surface area contributed by atoms with Crippen molar-refractivity contribution >= 4 is 10.0 Å². The van der Waals surface area contributed by atoms with Crippen LogP contribution < -0.4 is 5.73 Å². The van der Waals surface area contributed by atoms with Crippen LogP contribution in [0.3, 0.4) is 0 Å². The third-order valence-electron chi connectivity index (χ3n) is 4.25. The predicted molar refractivity (Wildman–Crippen MR) is 83.9 cm³/mol. The zero-order valence-corrected chi connectivity index (χ0v) is 13.5. The first-order valence-electron chi connectivity index (χ1n) is 7.20. The molecule has 0 bridgehead atoms. The van der Waals surface area contributed by atoms with E-state index in [0.717, 1.165) is 5.56 Å². The van der Waals surface area contributed by atoms with Gasteiger partial charge in [-0.2, -0.15) is 4.31 Å². The van der Waals surface area contributed by atoms with Crippen molar-refractivity contribution in [3.05, 3.63) is 47.9 Å². The van der Waals surface area contributed by atoms with Gasteiger partial charge in [0, 0.05) is 38.3 Å². The van der Waals surface area contributed by atoms with Gasteiger partial charge in [0.05, 0.1) is 0 Å². The number of nitrogens with two attached hydrogens (primary N) is 1. The van der Waals surface area contributed by atoms with Crippen LogP contribution in [-0.4, -0.2) is 41.4 Å². The highest BCUT2D eigenvalue weighted by Crippen LogP contribution is 2.30. The fourth-order valence-electron chi connectivity index (χ4n) is 2.82. The Hall–Kier alpha value is -1.70. The molecule has 0 spiro atoms. The average molecular weight is 320 g/mol. The molecule has 118 valence electrons. The standard InChI is InChI=1S/C15H20N4O2S/c1-11-17-15(10-18(11)2)22(20,21)19-8-13(14(16)9-19)12-6-4-3-5-7-12/h3-7,10,13-14H,8-9,16H2,1-2H3/t13-,14+/m0/s1. The summed E-state index contributed by atoms with van der Waals surface area (Å²) in [5.74, 6) is 0.683. The van der Waals surface area contributed by atoms with Crippen molar-refractivity contribution in [3.63, 3.8) is 0 Å². The summed E-state index contributed by atoms with van der Waals surface area (Å²) in [6, 6.07) is 9.61. The lowest BCUT2D eigenvalue weighted by Crippen LogP contribution is -2.32. The second kappa shape index (κ2) is 5.49. The molecule has 2 atom stereocenters. The van der Waals surface area contributed by atoms with Gasteiger partial charge in [-0.15, -0.1) is 0 Å². The molecule has 1 aromatic heterocycles. The van der Waals surface area contributed by atoms with Crippen molar-refractivity contribution < 1.29 is 8.42 Å². The Bertz CT molecular complexity index is 751. The molecule has 2 heterocycles. The maximum atomic E-state index is 12.7. The van der Waals surface area contributed by atoms with E-state index >= 15 is 0 Å². The number of rotatable bonds is 3. The molecule has 0 radical (unpaired) electrons. The minimum absolute atomic E-state index is 0.0146. The van der Waals surface area contributed by atoms with Crippen LogP contribution >= 0.6 is 0 Å². The van der Waals surface area contributed by atoms with E-state index in [4.69, 9.17) is 5.73 Å². The second-order valence-corrected chi connectivity index (χ2v) is 7.63. The lowest BCUT2D eigenvalue weighted by molar-refractivity contribution is 0.467. The number of aromatic nitrogens is 2. The molecule has 1 aliphatic rings. The highest BCUT2D eigenvalue weighted by molar-refractivity contribution is 7.89. The van der Waals surface area contributed by atoms with Gasteiger partial charge in [0.15, 0.2) is 5.03 Å². The molecule has 1 aromatic carbocycles. The van der Waals surface area contributed by atoms with Crippen molar-refractivity contribution in [1.29, 1.82) is 0 Å². The first-order chi connectivity index (χ1) is 10.4. The Balaban J connectivity index is 1.87. The van der Waals surface area contributed by atoms with Gasteiger partial charge >= 0.3 is 0 Å². The van der Waals surface area contributed by atoms with Gasteiger partial charge in [0.25, 0.3) is 10.0 Å². The number of benzene rings is 1. The third kappa shape index (κ3) is 2.55. The number of hydrogen-bond donors (Lipinski definition) is 1. The van der Waals surface area contributed by atoms with E-state index in [1.165, 1.54) is 4.31 Å². The molecule has 2 N–H and O–H groups in total. The van der Waals surface area contributed by atoms with Gasteiger partial charge in [-0.05, 0) is 12.5 Å². The first-order valence-corrected chi connectivity index (χ1v) is 8.64. The fraction of sp³-hybridized carbons (Fsp3) is 0.400. The van der Waals surface area contributed by atoms with E-state index in [1.54, 1.807) is 24.7 Å². The van der Waals surface area contributed by atoms with Crippen LogP contribution in [0.5, 0.6) is 0 Å². The molecule has 1 aliphatic heterocycles. The molecule has 1 fully saturated rings. The largest absolute Gasteiger partial charge is 0.337 e. The Kier molecular flexibility index (Phi) is 3.80. The molecule has 0 aliphatic carbocycles. The van der Waals surface area contributed by atoms with Crippen molar-refractivity contribution in [2.45, 2.75) is 23.9 Å². The zero-order valence-electron chi connectivity index (χ0n) is 12.7. The lowest BCUT2D eigenvalue weighted by Gasteiger charge is -2.15. The SMILES string of the molecule is Cc1nc(S(=O)(=O)N2C[C@@H](N)[C@H](c3ccccc3)C2)cn1C. The molecular formula is C15H20N4O2S. The highest BCUT2D eigenvalue weighted by Gasteiger charge is 2.39. The molecular weight excluding hydrogens is 300 g/mol. The van der Waals surface area contributed by atoms with Gasteiger partial charge < -0.3 is 10.3 Å². The van der Waals surface area contributed by atoms with Crippen molar-refractivity contribution in [2.75, 3.05) is 13.1 Å². The Labute approximate surface area is 130 Å². The van der Waals surface area contributed by atoms with E-state index in [1.807, 2.05) is 30.3 Å². The molecule has 3 rings (SSSR count). The topological polar surface area (TPSA) is 81.2 Å². The molecule has 22 heavy (non-hydrogen) atoms. The number of imidazole rings is 1. The molecule has 0 amide bonds. The van der Waals surface area contributed by atoms with Gasteiger partial charge in [-0.1, -0.05) is 30.3 Å². The molecule has 2 aromatic rings. The van der Waals surface area contributed by atoms with Crippen LogP contribution in [0.25, 0.3) is 0 Å². The number of nitrogens with zero attached hydrogens (tertiary/aromatic N) is 3. The van der Waals surface area contributed by atoms with E-state index in [-0.39, 0.29) is 17.0 Å². The van der Waals surface area contributed by atoms with Gasteiger partial charge in [0.2, 0.25) is 0 Å². The Morgan fingerprint density at radius 3 is 2.50 bits per heavy atom. The predicted octanol–water partition coefficient (Wildman–Crippen LogP) is 0.844. The summed E-state index contributed by atoms with van der Waals surface area (Å²) in [4.78, 5) is 4.14. The molecule has 7 heteroatoms. The van der Waals surface area contributed by atoms with Crippen LogP contribution in [0.1, 0.15) is 17.3 Å². The summed E-state index contributed by atoms with van der Waals surface area (Å²) in [6.07, 6.45) is 1.55. The quantitative estimate of drug-likeness (QED) is 0.909. The van der Waals surface area contributed by atoms with Crippen molar-refractivity contribution in [2.24, 2.45) is 12.8 Å². The fourth-order valence-corrected chi connectivity index (χ4v) is 4.35. The monoisotopic (exact) mass is 320 g/mol. The minimum atomic E-state index is -3.59. The van der Waals surface area contributed by atoms with Gasteiger partial charge in [0.1, 0.15) is 5.82 Å². The van der Waals surface area contributed by atoms with Crippen LogP contribution in [0.2, 0.25) is 0 Å². The van der Waals surface area contributed by atoms with Crippen LogP contribution in [0, 0.1) is 6.92 Å². The second-order valence-electron chi connectivity index (χ2n) is 5.74. The van der Waals surface area contributed by atoms with Gasteiger partial charge in [-0.3, -0.25) is 0 Å². The third-order valence-corrected chi connectivity index (χ3v) is 5.95. The summed E-state index contributed by atoms with van der Waals surface area (Å²) in [5, 5.41) is 0.0911. The van der Waals surface area contributed by atoms with Crippen LogP contribution in [-0.2, 0) is 17.1 Å². The van der Waals surface area contributed by atoms with Crippen molar-refractivity contribution in [3.8, 4) is 0 Å². The average Bonchev–Trinajstić information content (AvgIpc) is 3.04. The first kappa shape index (κ1) is 15.2. The summed E-state index contributed by atoms with van der Waals surface area (Å²) in [7, 11) is -1.81. The number of hydrogen-bond acceptors (Lipinski definition) is 4. The molecule has 0 saturated carbocycles. The van der Waals surface area contributed by atoms with Crippen LogP contribution in [0.15, 0.2) is 41.6 Å². The lowest BCUT2D eigenvalue weighted by atomic mass is 9.95.